The van der Waals surface area contributed by atoms with Gasteiger partial charge in [-0.25, -0.2) is 4.79 Å². The first-order valence-corrected chi connectivity index (χ1v) is 5.58. The average molecular weight is 234 g/mol. The monoisotopic (exact) mass is 234 g/mol. The number of phenolic OH excluding ortho intramolecular Hbond substituents is 1. The Morgan fingerprint density at radius 1 is 1.25 bits per heavy atom. The van der Waals surface area contributed by atoms with E-state index in [0.717, 1.165) is 10.4 Å². The molecule has 0 radical (unpaired) electrons. The number of hydrogen-bond donors (Lipinski definition) is 2. The molecule has 0 atom stereocenters. The summed E-state index contributed by atoms with van der Waals surface area (Å²) in [5.74, 6) is -1.04. The Hall–Kier alpha value is -1.81. The first-order valence-electron chi connectivity index (χ1n) is 4.70. The smallest absolute Gasteiger partial charge is 0.335 e. The number of aromatic carboxylic acids is 1. The van der Waals surface area contributed by atoms with Crippen LogP contribution in [0.2, 0.25) is 0 Å². The number of aryl methyl sites for hydroxylation is 1. The number of hydrogen-bond acceptors (Lipinski definition) is 3. The van der Waals surface area contributed by atoms with E-state index in [1.165, 1.54) is 12.1 Å². The summed E-state index contributed by atoms with van der Waals surface area (Å²) in [6.07, 6.45) is 0. The van der Waals surface area contributed by atoms with Crippen LogP contribution in [0.4, 0.5) is 0 Å². The highest BCUT2D eigenvalue weighted by molar-refractivity contribution is 7.10. The van der Waals surface area contributed by atoms with Gasteiger partial charge in [0.2, 0.25) is 0 Å². The van der Waals surface area contributed by atoms with Gasteiger partial charge in [-0.2, -0.15) is 0 Å². The molecule has 0 unspecified atom stereocenters. The molecule has 0 saturated heterocycles. The van der Waals surface area contributed by atoms with Gasteiger partial charge in [-0.1, -0.05) is 0 Å². The highest BCUT2D eigenvalue weighted by atomic mass is 32.1. The average Bonchev–Trinajstić information content (AvgIpc) is 2.64. The molecule has 1 heterocycles. The fraction of sp³-hybridized carbons (Fsp3) is 0.0833. The Balaban J connectivity index is 2.52. The predicted molar refractivity (Wildman–Crippen MR) is 63.1 cm³/mol. The van der Waals surface area contributed by atoms with E-state index in [1.54, 1.807) is 17.4 Å². The number of thiophene rings is 1. The summed E-state index contributed by atoms with van der Waals surface area (Å²) < 4.78 is 0. The first-order chi connectivity index (χ1) is 7.59. The zero-order valence-electron chi connectivity index (χ0n) is 8.60. The van der Waals surface area contributed by atoms with E-state index in [4.69, 9.17) is 5.11 Å². The van der Waals surface area contributed by atoms with E-state index in [-0.39, 0.29) is 11.3 Å². The SMILES string of the molecule is Cc1sccc1-c1ccc(C(=O)O)cc1O. The maximum Gasteiger partial charge on any atom is 0.335 e. The zero-order valence-corrected chi connectivity index (χ0v) is 9.41. The van der Waals surface area contributed by atoms with Crippen molar-refractivity contribution in [3.05, 3.63) is 40.1 Å². The van der Waals surface area contributed by atoms with E-state index < -0.39 is 5.97 Å². The quantitative estimate of drug-likeness (QED) is 0.839. The fourth-order valence-electron chi connectivity index (χ4n) is 1.56. The van der Waals surface area contributed by atoms with Crippen LogP contribution >= 0.6 is 11.3 Å². The second-order valence-corrected chi connectivity index (χ2v) is 4.55. The molecule has 0 aliphatic rings. The lowest BCUT2D eigenvalue weighted by atomic mass is 10.0. The molecule has 2 N–H and O–H groups in total. The van der Waals surface area contributed by atoms with Crippen LogP contribution in [0.3, 0.4) is 0 Å². The van der Waals surface area contributed by atoms with Crippen LogP contribution < -0.4 is 0 Å². The Labute approximate surface area is 96.6 Å². The summed E-state index contributed by atoms with van der Waals surface area (Å²) in [4.78, 5) is 11.8. The molecule has 0 aliphatic heterocycles. The maximum atomic E-state index is 10.7. The first kappa shape index (κ1) is 10.7. The van der Waals surface area contributed by atoms with Gasteiger partial charge in [0.15, 0.2) is 0 Å². The summed E-state index contributed by atoms with van der Waals surface area (Å²) in [5, 5.41) is 20.5. The van der Waals surface area contributed by atoms with Crippen molar-refractivity contribution in [1.82, 2.24) is 0 Å². The summed E-state index contributed by atoms with van der Waals surface area (Å²) in [5.41, 5.74) is 1.71. The molecule has 16 heavy (non-hydrogen) atoms. The van der Waals surface area contributed by atoms with E-state index in [2.05, 4.69) is 0 Å². The molecule has 2 aromatic rings. The number of phenols is 1. The molecule has 0 saturated carbocycles. The van der Waals surface area contributed by atoms with Crippen LogP contribution in [-0.2, 0) is 0 Å². The molecule has 0 amide bonds. The van der Waals surface area contributed by atoms with E-state index in [0.29, 0.717) is 5.56 Å². The molecule has 0 spiro atoms. The number of rotatable bonds is 2. The predicted octanol–water partition coefficient (Wildman–Crippen LogP) is 3.13. The maximum absolute atomic E-state index is 10.7. The van der Waals surface area contributed by atoms with E-state index in [9.17, 15) is 9.90 Å². The van der Waals surface area contributed by atoms with Crippen LogP contribution in [-0.4, -0.2) is 16.2 Å². The lowest BCUT2D eigenvalue weighted by molar-refractivity contribution is 0.0696. The molecule has 0 fully saturated rings. The van der Waals surface area contributed by atoms with Crippen molar-refractivity contribution in [2.24, 2.45) is 0 Å². The van der Waals surface area contributed by atoms with Gasteiger partial charge in [0, 0.05) is 10.4 Å². The van der Waals surface area contributed by atoms with Gasteiger partial charge in [-0.3, -0.25) is 0 Å². The van der Waals surface area contributed by atoms with Crippen LogP contribution in [0.25, 0.3) is 11.1 Å². The van der Waals surface area contributed by atoms with Crippen molar-refractivity contribution in [1.29, 1.82) is 0 Å². The highest BCUT2D eigenvalue weighted by Crippen LogP contribution is 2.34. The number of aromatic hydroxyl groups is 1. The summed E-state index contributed by atoms with van der Waals surface area (Å²) in [7, 11) is 0. The van der Waals surface area contributed by atoms with Crippen LogP contribution in [0, 0.1) is 6.92 Å². The number of carbonyl (C=O) groups is 1. The van der Waals surface area contributed by atoms with Crippen LogP contribution in [0.5, 0.6) is 5.75 Å². The molecular weight excluding hydrogens is 224 g/mol. The molecule has 0 bridgehead atoms. The topological polar surface area (TPSA) is 57.5 Å². The lowest BCUT2D eigenvalue weighted by Crippen LogP contribution is -1.95. The molecule has 82 valence electrons. The lowest BCUT2D eigenvalue weighted by Gasteiger charge is -2.05. The number of carboxylic acid groups (broad SMARTS) is 1. The van der Waals surface area contributed by atoms with Crippen molar-refractivity contribution < 1.29 is 15.0 Å². The van der Waals surface area contributed by atoms with Crippen LogP contribution in [0.1, 0.15) is 15.2 Å². The Morgan fingerprint density at radius 3 is 2.50 bits per heavy atom. The van der Waals surface area contributed by atoms with Crippen molar-refractivity contribution in [2.75, 3.05) is 0 Å². The van der Waals surface area contributed by atoms with Gasteiger partial charge in [0.25, 0.3) is 0 Å². The fourth-order valence-corrected chi connectivity index (χ4v) is 2.27. The Kier molecular flexibility index (Phi) is 2.66. The minimum Gasteiger partial charge on any atom is -0.507 e. The third-order valence-corrected chi connectivity index (χ3v) is 3.24. The van der Waals surface area contributed by atoms with Gasteiger partial charge in [-0.05, 0) is 42.1 Å². The third kappa shape index (κ3) is 1.79. The molecule has 2 rings (SSSR count). The molecule has 0 aliphatic carbocycles. The number of carboxylic acids is 1. The van der Waals surface area contributed by atoms with Gasteiger partial charge in [0.05, 0.1) is 5.56 Å². The summed E-state index contributed by atoms with van der Waals surface area (Å²) in [6.45, 7) is 1.96. The standard InChI is InChI=1S/C12H10O3S/c1-7-9(4-5-16-7)10-3-2-8(12(14)15)6-11(10)13/h2-6,13H,1H3,(H,14,15). The van der Waals surface area contributed by atoms with Gasteiger partial charge >= 0.3 is 5.97 Å². The largest absolute Gasteiger partial charge is 0.507 e. The molecule has 1 aromatic carbocycles. The molecule has 1 aromatic heterocycles. The molecular formula is C12H10O3S. The van der Waals surface area contributed by atoms with Crippen LogP contribution in [0.15, 0.2) is 29.6 Å². The summed E-state index contributed by atoms with van der Waals surface area (Å²) in [6, 6.07) is 6.31. The van der Waals surface area contributed by atoms with Gasteiger partial charge in [-0.15, -0.1) is 11.3 Å². The zero-order chi connectivity index (χ0) is 11.7. The summed E-state index contributed by atoms with van der Waals surface area (Å²) >= 11 is 1.59. The van der Waals surface area contributed by atoms with E-state index >= 15 is 0 Å². The molecule has 4 heteroatoms. The van der Waals surface area contributed by atoms with Gasteiger partial charge in [0.1, 0.15) is 5.75 Å². The third-order valence-electron chi connectivity index (χ3n) is 2.39. The normalized spacial score (nSPS) is 10.3. The van der Waals surface area contributed by atoms with Crippen molar-refractivity contribution in [3.8, 4) is 16.9 Å². The van der Waals surface area contributed by atoms with E-state index in [1.807, 2.05) is 18.4 Å². The molecule has 3 nitrogen and oxygen atoms in total. The minimum atomic E-state index is -1.04. The van der Waals surface area contributed by atoms with Crippen molar-refractivity contribution >= 4 is 17.3 Å². The van der Waals surface area contributed by atoms with Gasteiger partial charge < -0.3 is 10.2 Å². The minimum absolute atomic E-state index is 0.00130. The van der Waals surface area contributed by atoms with Crippen molar-refractivity contribution in [3.63, 3.8) is 0 Å². The number of benzene rings is 1. The Bertz CT molecular complexity index is 543. The Morgan fingerprint density at radius 2 is 2.00 bits per heavy atom. The highest BCUT2D eigenvalue weighted by Gasteiger charge is 2.11. The second kappa shape index (κ2) is 3.98. The second-order valence-electron chi connectivity index (χ2n) is 3.43. The van der Waals surface area contributed by atoms with Crippen molar-refractivity contribution in [2.45, 2.75) is 6.92 Å².